The summed E-state index contributed by atoms with van der Waals surface area (Å²) < 4.78 is 5.13. The SMILES string of the molecule is C=CC1=C2/C=c3\[n-]/c(c(CC)c3C)=C\c3[n-]c4c(c3C)C(=O)[C@H](C(=O)OC)/C4=C3/[N-]/C(=C\C(=C1C)[NH+]2[O-])[C@@H](C)[C@@H]3CC.[Mg+2]. The van der Waals surface area contributed by atoms with Gasteiger partial charge in [-0.15, -0.1) is 22.1 Å². The number of aromatic nitrogens is 2. The molecule has 218 valence electrons. The number of esters is 1. The van der Waals surface area contributed by atoms with E-state index in [2.05, 4.69) is 27.4 Å². The van der Waals surface area contributed by atoms with Gasteiger partial charge in [0.25, 0.3) is 0 Å². The summed E-state index contributed by atoms with van der Waals surface area (Å²) in [5.41, 5.74) is 9.01. The number of hydroxylamine groups is 2. The van der Waals surface area contributed by atoms with Crippen LogP contribution in [-0.2, 0) is 16.0 Å². The summed E-state index contributed by atoms with van der Waals surface area (Å²) in [6.45, 7) is 16.0. The molecule has 2 aromatic heterocycles. The van der Waals surface area contributed by atoms with Crippen molar-refractivity contribution in [1.29, 1.82) is 0 Å². The van der Waals surface area contributed by atoms with Gasteiger partial charge in [-0.25, -0.2) is 0 Å². The Morgan fingerprint density at radius 2 is 1.81 bits per heavy atom. The molecule has 5 heterocycles. The van der Waals surface area contributed by atoms with E-state index in [0.717, 1.165) is 51.5 Å². The number of Topliss-reactive ketones (excluding diaryl/α,β-unsaturated/α-hetero) is 1. The van der Waals surface area contributed by atoms with Crippen molar-refractivity contribution >= 4 is 52.5 Å². The molecule has 3 aliphatic heterocycles. The number of carbonyl (C=O) groups is 2. The number of carbonyl (C=O) groups excluding carboxylic acids is 2. The Bertz CT molecular complexity index is 1850. The number of ketones is 1. The number of ether oxygens (including phenoxy) is 1. The monoisotopic (exact) mass is 587 g/mol. The number of allylic oxidation sites excluding steroid dienone is 7. The molecule has 1 fully saturated rings. The summed E-state index contributed by atoms with van der Waals surface area (Å²) in [7, 11) is 1.29. The molecule has 8 nitrogen and oxygen atoms in total. The fourth-order valence-corrected chi connectivity index (χ4v) is 7.08. The summed E-state index contributed by atoms with van der Waals surface area (Å²) >= 11 is 0. The van der Waals surface area contributed by atoms with Gasteiger partial charge in [0.2, 0.25) is 0 Å². The normalized spacial score (nSPS) is 28.5. The van der Waals surface area contributed by atoms with E-state index in [0.29, 0.717) is 45.2 Å². The Balaban J connectivity index is 0.00000368. The summed E-state index contributed by atoms with van der Waals surface area (Å²) in [6, 6.07) is 0. The van der Waals surface area contributed by atoms with Gasteiger partial charge in [0.15, 0.2) is 5.78 Å². The van der Waals surface area contributed by atoms with Crippen LogP contribution in [-0.4, -0.2) is 41.9 Å². The molecule has 0 saturated carbocycles. The summed E-state index contributed by atoms with van der Waals surface area (Å²) in [5, 5.41) is 20.4. The topological polar surface area (TPSA) is 113 Å². The Labute approximate surface area is 267 Å². The van der Waals surface area contributed by atoms with Gasteiger partial charge in [0.1, 0.15) is 17.3 Å². The van der Waals surface area contributed by atoms with Crippen LogP contribution in [0.2, 0.25) is 0 Å². The minimum absolute atomic E-state index is 0. The maximum Gasteiger partial charge on any atom is 2.00 e. The van der Waals surface area contributed by atoms with Crippen LogP contribution in [0.1, 0.15) is 72.6 Å². The van der Waals surface area contributed by atoms with Crippen molar-refractivity contribution in [3.05, 3.63) is 108 Å². The molecule has 1 saturated heterocycles. The fourth-order valence-electron chi connectivity index (χ4n) is 7.08. The van der Waals surface area contributed by atoms with E-state index in [9.17, 15) is 14.8 Å². The van der Waals surface area contributed by atoms with Crippen molar-refractivity contribution in [3.8, 4) is 0 Å². The van der Waals surface area contributed by atoms with Crippen LogP contribution >= 0.6 is 0 Å². The van der Waals surface area contributed by atoms with Crippen LogP contribution in [0.15, 0.2) is 52.7 Å². The standard InChI is InChI=1S/C34H36N4O4.Mg/c1-9-19-15(4)23-14-27-20(10-2)17(6)26(38(27)41)13-24-16(5)21(11-3)31(36-24)29-30(34(40)42-8)33(39)28-18(7)22(37-32(28)29)12-25(19)35-23;/h10,12-14,16,21,30,38H,2,9,11H2,1,3-8H3,(H-,36,37,39);/q-2;+2/p-1/b23-14-,24-13-,25-12-;/t16-,21-,30+;/m0./s1. The number of nitrogens with zero attached hydrogens (tertiary/aromatic N) is 3. The second-order valence-corrected chi connectivity index (χ2v) is 11.5. The van der Waals surface area contributed by atoms with Crippen LogP contribution in [0.5, 0.6) is 0 Å². The minimum Gasteiger partial charge on any atom is -0.664 e. The first kappa shape index (κ1) is 31.1. The van der Waals surface area contributed by atoms with Crippen molar-refractivity contribution in [3.63, 3.8) is 0 Å². The number of methoxy groups -OCH3 is 1. The van der Waals surface area contributed by atoms with Gasteiger partial charge >= 0.3 is 29.0 Å². The van der Waals surface area contributed by atoms with E-state index in [4.69, 9.17) is 20.0 Å². The number of hydrogen-bond acceptors (Lipinski definition) is 4. The summed E-state index contributed by atoms with van der Waals surface area (Å²) in [5.74, 6) is -2.17. The average Bonchev–Trinajstić information content (AvgIpc) is 3.69. The van der Waals surface area contributed by atoms with Crippen molar-refractivity contribution in [1.82, 2.24) is 9.97 Å². The second-order valence-electron chi connectivity index (χ2n) is 11.5. The average molecular weight is 588 g/mol. The zero-order chi connectivity index (χ0) is 30.2. The molecule has 1 aliphatic carbocycles. The van der Waals surface area contributed by atoms with E-state index >= 15 is 0 Å². The van der Waals surface area contributed by atoms with E-state index in [1.807, 2.05) is 39.0 Å². The zero-order valence-corrected chi connectivity index (χ0v) is 27.3. The first-order chi connectivity index (χ1) is 20.1. The van der Waals surface area contributed by atoms with Gasteiger partial charge in [0, 0.05) is 16.7 Å². The van der Waals surface area contributed by atoms with E-state index in [1.165, 1.54) is 7.11 Å². The molecule has 0 radical (unpaired) electrons. The van der Waals surface area contributed by atoms with Gasteiger partial charge in [-0.3, -0.25) is 9.59 Å². The number of fused-ring (bicyclic) bond motifs is 7. The number of quaternary nitrogens is 1. The van der Waals surface area contributed by atoms with Crippen LogP contribution in [0.3, 0.4) is 0 Å². The molecule has 4 aliphatic rings. The Morgan fingerprint density at radius 3 is 2.44 bits per heavy atom. The van der Waals surface area contributed by atoms with Crippen LogP contribution in [0.25, 0.3) is 23.0 Å². The van der Waals surface area contributed by atoms with Crippen LogP contribution in [0, 0.1) is 36.8 Å². The van der Waals surface area contributed by atoms with Crippen molar-refractivity contribution < 1.29 is 19.4 Å². The maximum atomic E-state index is 13.9. The van der Waals surface area contributed by atoms with Crippen LogP contribution in [0.4, 0.5) is 0 Å². The maximum absolute atomic E-state index is 13.9. The third-order valence-corrected chi connectivity index (χ3v) is 9.48. The van der Waals surface area contributed by atoms with Gasteiger partial charge in [0.05, 0.1) is 7.11 Å². The molecule has 8 bridgehead atoms. The molecule has 2 aromatic rings. The van der Waals surface area contributed by atoms with E-state index < -0.39 is 11.9 Å². The second kappa shape index (κ2) is 11.3. The molecule has 0 spiro atoms. The number of hydrogen-bond donors (Lipinski definition) is 1. The van der Waals surface area contributed by atoms with Crippen molar-refractivity contribution in [2.45, 2.75) is 54.4 Å². The summed E-state index contributed by atoms with van der Waals surface area (Å²) in [4.78, 5) is 37.0. The molecular weight excluding hydrogens is 553 g/mol. The Kier molecular flexibility index (Phi) is 8.15. The fraction of sp³-hybridized carbons (Fsp3) is 0.353. The molecule has 0 amide bonds. The molecule has 43 heavy (non-hydrogen) atoms. The van der Waals surface area contributed by atoms with Gasteiger partial charge < -0.3 is 30.3 Å². The first-order valence-electron chi connectivity index (χ1n) is 14.5. The summed E-state index contributed by atoms with van der Waals surface area (Å²) in [6.07, 6.45) is 8.86. The predicted octanol–water partition coefficient (Wildman–Crippen LogP) is 2.76. The number of nitrogens with one attached hydrogen (secondary N) is 1. The smallest absolute Gasteiger partial charge is 0.664 e. The molecule has 1 N–H and O–H groups in total. The molecular formula is C34H35MgN4O4-. The van der Waals surface area contributed by atoms with Crippen molar-refractivity contribution in [2.24, 2.45) is 17.8 Å². The van der Waals surface area contributed by atoms with Gasteiger partial charge in [-0.05, 0) is 51.2 Å². The number of rotatable bonds is 4. The van der Waals surface area contributed by atoms with Gasteiger partial charge in [-0.2, -0.15) is 11.4 Å². The Hall–Kier alpha value is -3.37. The van der Waals surface area contributed by atoms with Gasteiger partial charge in [-0.1, -0.05) is 68.2 Å². The molecule has 9 heteroatoms. The molecule has 1 unspecified atom stereocenters. The molecule has 6 rings (SSSR count). The van der Waals surface area contributed by atoms with E-state index in [-0.39, 0.29) is 45.7 Å². The zero-order valence-electron chi connectivity index (χ0n) is 25.8. The predicted molar refractivity (Wildman–Crippen MR) is 167 cm³/mol. The Morgan fingerprint density at radius 1 is 1.09 bits per heavy atom. The largest absolute Gasteiger partial charge is 2.00 e. The van der Waals surface area contributed by atoms with Crippen LogP contribution < -0.4 is 25.7 Å². The first-order valence-corrected chi connectivity index (χ1v) is 14.5. The third kappa shape index (κ3) is 4.39. The van der Waals surface area contributed by atoms with Crippen molar-refractivity contribution in [2.75, 3.05) is 7.11 Å². The molecule has 4 atom stereocenters. The molecule has 0 aromatic carbocycles. The van der Waals surface area contributed by atoms with E-state index in [1.54, 1.807) is 6.08 Å². The minimum atomic E-state index is -1.13. The quantitative estimate of drug-likeness (QED) is 0.255. The third-order valence-electron chi connectivity index (χ3n) is 9.48.